The number of hydrogen-bond acceptors (Lipinski definition) is 4. The molecule has 2 amide bonds. The topological polar surface area (TPSA) is 90.8 Å². The molecule has 0 unspecified atom stereocenters. The number of aromatic hydroxyl groups is 1. The third-order valence-corrected chi connectivity index (χ3v) is 4.93. The number of amides is 2. The van der Waals surface area contributed by atoms with Crippen LogP contribution in [0, 0.1) is 5.92 Å². The lowest BCUT2D eigenvalue weighted by Gasteiger charge is -2.08. The van der Waals surface area contributed by atoms with Crippen LogP contribution >= 0.6 is 0 Å². The minimum absolute atomic E-state index is 0.0387. The molecule has 0 saturated heterocycles. The monoisotopic (exact) mass is 387 g/mol. The van der Waals surface area contributed by atoms with E-state index >= 15 is 0 Å². The molecule has 29 heavy (non-hydrogen) atoms. The number of nitrogens with one attached hydrogen (secondary N) is 2. The Labute approximate surface area is 168 Å². The summed E-state index contributed by atoms with van der Waals surface area (Å²) in [5.74, 6) is -0.427. The fraction of sp³-hybridized carbons (Fsp3) is 0.174. The second-order valence-electron chi connectivity index (χ2n) is 7.20. The van der Waals surface area contributed by atoms with Gasteiger partial charge in [0.1, 0.15) is 5.75 Å². The summed E-state index contributed by atoms with van der Waals surface area (Å²) in [7, 11) is 0. The smallest absolute Gasteiger partial charge is 0.275 e. The van der Waals surface area contributed by atoms with Crippen molar-refractivity contribution in [3.63, 3.8) is 0 Å². The number of phenols is 1. The van der Waals surface area contributed by atoms with Crippen LogP contribution in [-0.4, -0.2) is 22.6 Å². The van der Waals surface area contributed by atoms with Gasteiger partial charge in [-0.1, -0.05) is 36.4 Å². The third kappa shape index (κ3) is 4.27. The molecule has 0 bridgehead atoms. The van der Waals surface area contributed by atoms with Gasteiger partial charge in [-0.15, -0.1) is 0 Å². The Kier molecular flexibility index (Phi) is 4.99. The first-order valence-corrected chi connectivity index (χ1v) is 9.49. The highest BCUT2D eigenvalue weighted by atomic mass is 16.3. The van der Waals surface area contributed by atoms with E-state index < -0.39 is 5.91 Å². The van der Waals surface area contributed by atoms with E-state index in [1.807, 2.05) is 48.5 Å². The van der Waals surface area contributed by atoms with Crippen LogP contribution < -0.4 is 10.7 Å². The lowest BCUT2D eigenvalue weighted by Crippen LogP contribution is -2.19. The van der Waals surface area contributed by atoms with Crippen LogP contribution in [-0.2, 0) is 4.79 Å². The van der Waals surface area contributed by atoms with Crippen LogP contribution in [0.3, 0.4) is 0 Å². The molecule has 1 saturated carbocycles. The summed E-state index contributed by atoms with van der Waals surface area (Å²) in [6.45, 7) is 1.77. The lowest BCUT2D eigenvalue weighted by molar-refractivity contribution is -0.117. The SMILES string of the molecule is C/C(=N/NC(=O)c1cc2ccccc2cc1O)c1cccc(NC(=O)C2CC2)c1. The molecule has 6 nitrogen and oxygen atoms in total. The summed E-state index contributed by atoms with van der Waals surface area (Å²) in [6.07, 6.45) is 1.89. The van der Waals surface area contributed by atoms with Crippen molar-refractivity contribution in [2.45, 2.75) is 19.8 Å². The lowest BCUT2D eigenvalue weighted by atomic mass is 10.1. The van der Waals surface area contributed by atoms with Crippen molar-refractivity contribution in [2.75, 3.05) is 5.32 Å². The molecule has 1 fully saturated rings. The molecule has 3 N–H and O–H groups in total. The molecule has 0 radical (unpaired) electrons. The maximum absolute atomic E-state index is 12.5. The summed E-state index contributed by atoms with van der Waals surface area (Å²) < 4.78 is 0. The fourth-order valence-corrected chi connectivity index (χ4v) is 3.08. The van der Waals surface area contributed by atoms with Crippen molar-refractivity contribution in [1.29, 1.82) is 0 Å². The number of phenolic OH excluding ortho intramolecular Hbond substituents is 1. The highest BCUT2D eigenvalue weighted by Crippen LogP contribution is 2.30. The van der Waals surface area contributed by atoms with Gasteiger partial charge in [0.25, 0.3) is 5.91 Å². The maximum Gasteiger partial charge on any atom is 0.275 e. The number of rotatable bonds is 5. The largest absolute Gasteiger partial charge is 0.507 e. The van der Waals surface area contributed by atoms with Gasteiger partial charge in [-0.2, -0.15) is 5.10 Å². The molecular formula is C23H21N3O3. The van der Waals surface area contributed by atoms with Crippen molar-refractivity contribution in [3.8, 4) is 5.75 Å². The van der Waals surface area contributed by atoms with E-state index in [-0.39, 0.29) is 23.1 Å². The van der Waals surface area contributed by atoms with E-state index in [9.17, 15) is 14.7 Å². The van der Waals surface area contributed by atoms with E-state index in [1.165, 1.54) is 0 Å². The van der Waals surface area contributed by atoms with Gasteiger partial charge in [-0.3, -0.25) is 9.59 Å². The average molecular weight is 387 g/mol. The number of carbonyl (C=O) groups excluding carboxylic acids is 2. The summed E-state index contributed by atoms with van der Waals surface area (Å²) in [4.78, 5) is 24.4. The Hall–Kier alpha value is -3.67. The molecule has 1 aliphatic carbocycles. The van der Waals surface area contributed by atoms with Crippen molar-refractivity contribution < 1.29 is 14.7 Å². The van der Waals surface area contributed by atoms with Gasteiger partial charge in [-0.05, 0) is 60.4 Å². The highest BCUT2D eigenvalue weighted by molar-refractivity contribution is 6.04. The van der Waals surface area contributed by atoms with Crippen molar-refractivity contribution in [1.82, 2.24) is 5.43 Å². The molecule has 3 aromatic carbocycles. The number of anilines is 1. The van der Waals surface area contributed by atoms with Crippen LogP contribution in [0.2, 0.25) is 0 Å². The first kappa shape index (κ1) is 18.7. The summed E-state index contributed by atoms with van der Waals surface area (Å²) in [5, 5.41) is 18.9. The molecule has 3 aromatic rings. The molecule has 0 heterocycles. The number of nitrogens with zero attached hydrogens (tertiary/aromatic N) is 1. The number of carbonyl (C=O) groups is 2. The zero-order chi connectivity index (χ0) is 20.4. The Bertz CT molecular complexity index is 1130. The number of fused-ring (bicyclic) bond motifs is 1. The minimum Gasteiger partial charge on any atom is -0.507 e. The molecule has 1 aliphatic rings. The molecular weight excluding hydrogens is 366 g/mol. The summed E-state index contributed by atoms with van der Waals surface area (Å²) in [5.41, 5.74) is 4.72. The van der Waals surface area contributed by atoms with E-state index in [1.54, 1.807) is 19.1 Å². The highest BCUT2D eigenvalue weighted by Gasteiger charge is 2.29. The van der Waals surface area contributed by atoms with Gasteiger partial charge < -0.3 is 10.4 Å². The summed E-state index contributed by atoms with van der Waals surface area (Å²) >= 11 is 0. The van der Waals surface area contributed by atoms with E-state index in [0.29, 0.717) is 11.4 Å². The minimum atomic E-state index is -0.495. The van der Waals surface area contributed by atoms with Crippen molar-refractivity contribution >= 4 is 34.0 Å². The van der Waals surface area contributed by atoms with Crippen LogP contribution in [0.1, 0.15) is 35.7 Å². The quantitative estimate of drug-likeness (QED) is 0.456. The molecule has 0 spiro atoms. The molecule has 0 atom stereocenters. The van der Waals surface area contributed by atoms with Gasteiger partial charge >= 0.3 is 0 Å². The molecule has 0 aliphatic heterocycles. The van der Waals surface area contributed by atoms with Gasteiger partial charge in [0.15, 0.2) is 0 Å². The number of benzene rings is 3. The number of hydrogen-bond donors (Lipinski definition) is 3. The average Bonchev–Trinajstić information content (AvgIpc) is 3.57. The van der Waals surface area contributed by atoms with E-state index in [4.69, 9.17) is 0 Å². The van der Waals surface area contributed by atoms with Crippen molar-refractivity contribution in [2.24, 2.45) is 11.0 Å². The predicted molar refractivity (Wildman–Crippen MR) is 113 cm³/mol. The molecule has 0 aromatic heterocycles. The third-order valence-electron chi connectivity index (χ3n) is 4.93. The molecule has 4 rings (SSSR count). The molecule has 6 heteroatoms. The normalized spacial score (nSPS) is 13.9. The first-order chi connectivity index (χ1) is 14.0. The van der Waals surface area contributed by atoms with Gasteiger partial charge in [0.2, 0.25) is 5.91 Å². The first-order valence-electron chi connectivity index (χ1n) is 9.49. The van der Waals surface area contributed by atoms with Crippen molar-refractivity contribution in [3.05, 3.63) is 71.8 Å². The van der Waals surface area contributed by atoms with Crippen LogP contribution in [0.15, 0.2) is 65.8 Å². The van der Waals surface area contributed by atoms with E-state index in [2.05, 4.69) is 15.8 Å². The number of hydrazone groups is 1. The second-order valence-corrected chi connectivity index (χ2v) is 7.20. The van der Waals surface area contributed by atoms with Gasteiger partial charge in [-0.25, -0.2) is 5.43 Å². The van der Waals surface area contributed by atoms with Crippen LogP contribution in [0.4, 0.5) is 5.69 Å². The van der Waals surface area contributed by atoms with Gasteiger partial charge in [0, 0.05) is 11.6 Å². The maximum atomic E-state index is 12.5. The van der Waals surface area contributed by atoms with Crippen LogP contribution in [0.25, 0.3) is 10.8 Å². The standard InChI is InChI=1S/C23H21N3O3/c1-14(16-7-4-8-19(11-16)24-22(28)15-9-10-15)25-26-23(29)20-12-17-5-2-3-6-18(17)13-21(20)27/h2-8,11-13,15,27H,9-10H2,1H3,(H,24,28)(H,26,29)/b25-14-. The fourth-order valence-electron chi connectivity index (χ4n) is 3.08. The Morgan fingerprint density at radius 3 is 2.45 bits per heavy atom. The zero-order valence-electron chi connectivity index (χ0n) is 16.0. The Balaban J connectivity index is 1.49. The second kappa shape index (κ2) is 7.75. The predicted octanol–water partition coefficient (Wildman–Crippen LogP) is 4.05. The summed E-state index contributed by atoms with van der Waals surface area (Å²) in [6, 6.07) is 18.0. The Morgan fingerprint density at radius 1 is 1.00 bits per heavy atom. The van der Waals surface area contributed by atoms with Gasteiger partial charge in [0.05, 0.1) is 11.3 Å². The van der Waals surface area contributed by atoms with Crippen LogP contribution in [0.5, 0.6) is 5.75 Å². The zero-order valence-corrected chi connectivity index (χ0v) is 16.0. The Morgan fingerprint density at radius 2 is 1.72 bits per heavy atom. The molecule has 146 valence electrons. The van der Waals surface area contributed by atoms with E-state index in [0.717, 1.165) is 29.2 Å².